The molecule has 0 saturated heterocycles. The molecule has 0 saturated carbocycles. The zero-order chi connectivity index (χ0) is 19.7. The number of rotatable bonds is 4. The van der Waals surface area contributed by atoms with Crippen LogP contribution in [0.1, 0.15) is 56.2 Å². The molecular weight excluding hydrogens is 330 g/mol. The normalized spacial score (nSPS) is 12.1. The first-order valence-corrected chi connectivity index (χ1v) is 8.76. The van der Waals surface area contributed by atoms with E-state index >= 15 is 0 Å². The van der Waals surface area contributed by atoms with E-state index in [1.54, 1.807) is 26.8 Å². The third-order valence-corrected chi connectivity index (χ3v) is 4.10. The molecule has 3 N–H and O–H groups in total. The van der Waals surface area contributed by atoms with E-state index in [0.29, 0.717) is 5.56 Å². The molecule has 0 aliphatic rings. The molecule has 2 aromatic rings. The molecule has 2 rings (SSSR count). The Hall–Kier alpha value is -2.50. The standard InChI is InChI=1S/C20H29N3O3/c1-12-13(2)22-16-9-8-14(10-15(12)16)17(24)23-20(6,7)11-21-18(25)26-19(3,4)5/h8-10,22H,11H2,1-7H3,(H,21,25)(H,23,24). The van der Waals surface area contributed by atoms with E-state index in [1.165, 1.54) is 0 Å². The lowest BCUT2D eigenvalue weighted by Crippen LogP contribution is -2.52. The Labute approximate surface area is 154 Å². The number of ether oxygens (including phenoxy) is 1. The number of aromatic nitrogens is 1. The van der Waals surface area contributed by atoms with Crippen molar-refractivity contribution in [3.63, 3.8) is 0 Å². The summed E-state index contributed by atoms with van der Waals surface area (Å²) in [5.41, 5.74) is 2.66. The fraction of sp³-hybridized carbons (Fsp3) is 0.500. The quantitative estimate of drug-likeness (QED) is 0.776. The molecule has 0 fully saturated rings. The largest absolute Gasteiger partial charge is 0.444 e. The summed E-state index contributed by atoms with van der Waals surface area (Å²) in [5, 5.41) is 6.70. The van der Waals surface area contributed by atoms with Gasteiger partial charge in [0, 0.05) is 28.7 Å². The molecule has 1 heterocycles. The van der Waals surface area contributed by atoms with Gasteiger partial charge in [-0.25, -0.2) is 4.79 Å². The summed E-state index contributed by atoms with van der Waals surface area (Å²) in [5.74, 6) is -0.179. The summed E-state index contributed by atoms with van der Waals surface area (Å²) in [4.78, 5) is 27.7. The van der Waals surface area contributed by atoms with Gasteiger partial charge in [0.15, 0.2) is 0 Å². The smallest absolute Gasteiger partial charge is 0.407 e. The molecule has 142 valence electrons. The molecule has 0 aliphatic carbocycles. The first kappa shape index (κ1) is 19.8. The van der Waals surface area contributed by atoms with Crippen LogP contribution < -0.4 is 10.6 Å². The third-order valence-electron chi connectivity index (χ3n) is 4.10. The number of nitrogens with one attached hydrogen (secondary N) is 3. The lowest BCUT2D eigenvalue weighted by Gasteiger charge is -2.28. The first-order chi connectivity index (χ1) is 11.9. The van der Waals surface area contributed by atoms with Gasteiger partial charge in [0.25, 0.3) is 5.91 Å². The summed E-state index contributed by atoms with van der Waals surface area (Å²) in [6.07, 6.45) is -0.500. The number of aromatic amines is 1. The van der Waals surface area contributed by atoms with Crippen LogP contribution in [0.15, 0.2) is 18.2 Å². The van der Waals surface area contributed by atoms with Gasteiger partial charge in [0.05, 0.1) is 5.54 Å². The first-order valence-electron chi connectivity index (χ1n) is 8.76. The fourth-order valence-electron chi connectivity index (χ4n) is 2.63. The molecule has 6 nitrogen and oxygen atoms in total. The summed E-state index contributed by atoms with van der Waals surface area (Å²) in [7, 11) is 0. The summed E-state index contributed by atoms with van der Waals surface area (Å²) < 4.78 is 5.22. The number of carbonyl (C=O) groups is 2. The molecule has 6 heteroatoms. The van der Waals surface area contributed by atoms with Gasteiger partial charge in [-0.2, -0.15) is 0 Å². The van der Waals surface area contributed by atoms with Crippen molar-refractivity contribution in [2.75, 3.05) is 6.54 Å². The molecule has 0 atom stereocenters. The number of H-pyrrole nitrogens is 1. The van der Waals surface area contributed by atoms with Gasteiger partial charge >= 0.3 is 6.09 Å². The van der Waals surface area contributed by atoms with Crippen LogP contribution in [-0.4, -0.2) is 34.7 Å². The van der Waals surface area contributed by atoms with Gasteiger partial charge in [0.2, 0.25) is 0 Å². The van der Waals surface area contributed by atoms with E-state index in [-0.39, 0.29) is 12.5 Å². The maximum absolute atomic E-state index is 12.6. The number of hydrogen-bond donors (Lipinski definition) is 3. The van der Waals surface area contributed by atoms with Gasteiger partial charge in [-0.15, -0.1) is 0 Å². The third kappa shape index (κ3) is 5.00. The number of aryl methyl sites for hydroxylation is 2. The van der Waals surface area contributed by atoms with Crippen LogP contribution in [0.3, 0.4) is 0 Å². The number of carbonyl (C=O) groups excluding carboxylic acids is 2. The van der Waals surface area contributed by atoms with Crippen LogP contribution in [0.4, 0.5) is 4.79 Å². The molecule has 0 radical (unpaired) electrons. The molecule has 1 aromatic carbocycles. The average molecular weight is 359 g/mol. The number of benzene rings is 1. The van der Waals surface area contributed by atoms with E-state index in [0.717, 1.165) is 22.2 Å². The highest BCUT2D eigenvalue weighted by atomic mass is 16.6. The van der Waals surface area contributed by atoms with Crippen LogP contribution in [0.5, 0.6) is 0 Å². The molecule has 2 amide bonds. The molecule has 1 aromatic heterocycles. The summed E-state index contributed by atoms with van der Waals surface area (Å²) in [6, 6.07) is 5.60. The van der Waals surface area contributed by atoms with E-state index in [2.05, 4.69) is 15.6 Å². The highest BCUT2D eigenvalue weighted by Gasteiger charge is 2.24. The van der Waals surface area contributed by atoms with Crippen molar-refractivity contribution in [3.8, 4) is 0 Å². The predicted molar refractivity (Wildman–Crippen MR) is 104 cm³/mol. The molecule has 0 unspecified atom stereocenters. The van der Waals surface area contributed by atoms with Crippen LogP contribution >= 0.6 is 0 Å². The zero-order valence-corrected chi connectivity index (χ0v) is 16.7. The Morgan fingerprint density at radius 1 is 1.12 bits per heavy atom. The van der Waals surface area contributed by atoms with Crippen LogP contribution in [0, 0.1) is 13.8 Å². The van der Waals surface area contributed by atoms with Crippen molar-refractivity contribution in [2.24, 2.45) is 0 Å². The average Bonchev–Trinajstić information content (AvgIpc) is 2.78. The van der Waals surface area contributed by atoms with Gasteiger partial charge < -0.3 is 20.4 Å². The van der Waals surface area contributed by atoms with Crippen molar-refractivity contribution in [2.45, 2.75) is 59.6 Å². The fourth-order valence-corrected chi connectivity index (χ4v) is 2.63. The zero-order valence-electron chi connectivity index (χ0n) is 16.7. The van der Waals surface area contributed by atoms with Gasteiger partial charge in [-0.3, -0.25) is 4.79 Å². The second-order valence-electron chi connectivity index (χ2n) is 8.33. The molecule has 0 spiro atoms. The summed E-state index contributed by atoms with van der Waals surface area (Å²) >= 11 is 0. The number of hydrogen-bond acceptors (Lipinski definition) is 3. The minimum atomic E-state index is -0.619. The molecule has 26 heavy (non-hydrogen) atoms. The lowest BCUT2D eigenvalue weighted by atomic mass is 10.0. The van der Waals surface area contributed by atoms with Gasteiger partial charge in [-0.05, 0) is 72.2 Å². The SMILES string of the molecule is Cc1[nH]c2ccc(C(=O)NC(C)(C)CNC(=O)OC(C)(C)C)cc2c1C. The Balaban J connectivity index is 2.03. The van der Waals surface area contributed by atoms with E-state index in [4.69, 9.17) is 4.74 Å². The van der Waals surface area contributed by atoms with Crippen molar-refractivity contribution < 1.29 is 14.3 Å². The van der Waals surface area contributed by atoms with Crippen molar-refractivity contribution >= 4 is 22.9 Å². The minimum Gasteiger partial charge on any atom is -0.444 e. The number of fused-ring (bicyclic) bond motifs is 1. The second kappa shape index (κ2) is 7.02. The van der Waals surface area contributed by atoms with Crippen LogP contribution in [0.25, 0.3) is 10.9 Å². The van der Waals surface area contributed by atoms with Gasteiger partial charge in [-0.1, -0.05) is 0 Å². The topological polar surface area (TPSA) is 83.2 Å². The maximum atomic E-state index is 12.6. The molecule has 0 aliphatic heterocycles. The Bertz CT molecular complexity index is 829. The molecule has 0 bridgehead atoms. The second-order valence-corrected chi connectivity index (χ2v) is 8.33. The van der Waals surface area contributed by atoms with Crippen molar-refractivity contribution in [3.05, 3.63) is 35.0 Å². The van der Waals surface area contributed by atoms with Crippen LogP contribution in [0.2, 0.25) is 0 Å². The molecular formula is C20H29N3O3. The highest BCUT2D eigenvalue weighted by Crippen LogP contribution is 2.22. The van der Waals surface area contributed by atoms with Crippen molar-refractivity contribution in [1.82, 2.24) is 15.6 Å². The Morgan fingerprint density at radius 3 is 2.38 bits per heavy atom. The maximum Gasteiger partial charge on any atom is 0.407 e. The Morgan fingerprint density at radius 2 is 1.77 bits per heavy atom. The Kier molecular flexibility index (Phi) is 5.35. The van der Waals surface area contributed by atoms with E-state index in [1.807, 2.05) is 39.8 Å². The van der Waals surface area contributed by atoms with Crippen molar-refractivity contribution in [1.29, 1.82) is 0 Å². The highest BCUT2D eigenvalue weighted by molar-refractivity contribution is 5.99. The van der Waals surface area contributed by atoms with Crippen LogP contribution in [-0.2, 0) is 4.74 Å². The predicted octanol–water partition coefficient (Wildman–Crippen LogP) is 3.82. The van der Waals surface area contributed by atoms with E-state index in [9.17, 15) is 9.59 Å². The monoisotopic (exact) mass is 359 g/mol. The lowest BCUT2D eigenvalue weighted by molar-refractivity contribution is 0.0509. The number of alkyl carbamates (subject to hydrolysis) is 1. The van der Waals surface area contributed by atoms with Gasteiger partial charge in [0.1, 0.15) is 5.60 Å². The number of amides is 2. The summed E-state index contributed by atoms with van der Waals surface area (Å²) in [6.45, 7) is 13.4. The van der Waals surface area contributed by atoms with E-state index < -0.39 is 17.2 Å². The minimum absolute atomic E-state index is 0.179.